The number of carbonyl (C=O) groups is 4. The molecule has 0 spiro atoms. The fraction of sp³-hybridized carbons (Fsp3) is 0.553. The van der Waals surface area contributed by atoms with E-state index in [1.807, 2.05) is 35.4 Å². The van der Waals surface area contributed by atoms with Crippen LogP contribution < -0.4 is 25.8 Å². The Labute approximate surface area is 598 Å². The van der Waals surface area contributed by atoms with Crippen molar-refractivity contribution < 1.29 is 46.2 Å². The number of benzene rings is 4. The van der Waals surface area contributed by atoms with Gasteiger partial charge in [0, 0.05) is 118 Å². The number of halogens is 6. The number of nitrogens with zero attached hydrogens (tertiary/aromatic N) is 9. The third-order valence-electron chi connectivity index (χ3n) is 20.4. The predicted octanol–water partition coefficient (Wildman–Crippen LogP) is 12.6. The van der Waals surface area contributed by atoms with Gasteiger partial charge in [-0.1, -0.05) is 49.2 Å². The fourth-order valence-electron chi connectivity index (χ4n) is 15.0. The molecule has 6 aromatic rings. The molecular weight excluding hydrogens is 1320 g/mol. The Bertz CT molecular complexity index is 3610. The highest BCUT2D eigenvalue weighted by molar-refractivity contribution is 6.17. The second kappa shape index (κ2) is 38.3. The van der Waals surface area contributed by atoms with E-state index in [0.29, 0.717) is 75.5 Å². The number of esters is 2. The molecule has 6 saturated heterocycles. The van der Waals surface area contributed by atoms with Gasteiger partial charge >= 0.3 is 11.9 Å². The largest absolute Gasteiger partial charge is 0.466 e. The molecule has 6 aliphatic rings. The highest BCUT2D eigenvalue weighted by Gasteiger charge is 2.41. The van der Waals surface area contributed by atoms with E-state index in [1.165, 1.54) is 82.4 Å². The number of amides is 2. The molecular formula is C76H102Cl2F4N12O6. The van der Waals surface area contributed by atoms with Gasteiger partial charge in [-0.25, -0.2) is 27.5 Å². The average Bonchev–Trinajstić information content (AvgIpc) is 1.56. The molecule has 18 nitrogen and oxygen atoms in total. The van der Waals surface area contributed by atoms with Crippen LogP contribution in [0.15, 0.2) is 97.6 Å². The summed E-state index contributed by atoms with van der Waals surface area (Å²) in [6, 6.07) is 19.8. The normalized spacial score (nSPS) is 20.2. The first kappa shape index (κ1) is 77.1. The van der Waals surface area contributed by atoms with Crippen molar-refractivity contribution in [2.45, 2.75) is 130 Å². The Balaban J connectivity index is 0.000000206. The van der Waals surface area contributed by atoms with Gasteiger partial charge in [-0.15, -0.1) is 24.0 Å². The standard InChI is InChI=1S/C38H50F2N6O3.C30H35F2N5O3.C8H16ClN.ClH/c1-3-49-37(48)28-12-19-45(20-13-28)35-22-27(2)8-9-29(35)24-46-21-14-41-38(46)42-36(47)33-26-44(18-7-17-43-15-5-4-6-16-43)25-32(33)31-11-10-30(39)23-34(31)40;1-3-40-29(39)20-8-11-36(12-9-20)27-14-19(2)4-5-21(27)18-37-13-10-34-30(37)35-28(38)25-17-33-16-24(25)23-7-6-22(31)15-26(23)32;9-5-4-8-10-6-2-1-3-7-10;/h8-11,14,21-23,28,32-33H,3-7,12-13,15-20,24-26H2,1-2H3,(H,41,42,47);4-7,10,13-15,20,24-25,33H,3,8-9,11-12,16-18H2,1-2H3,(H,34,35,38);1-8H2;1H/t32-,33+;24-,25+;;/m00../s1. The van der Waals surface area contributed by atoms with E-state index in [0.717, 1.165) is 143 Å². The van der Waals surface area contributed by atoms with E-state index >= 15 is 4.39 Å². The number of ether oxygens (including phenoxy) is 2. The van der Waals surface area contributed by atoms with Crippen molar-refractivity contribution in [2.24, 2.45) is 23.7 Å². The number of hydrogen-bond acceptors (Lipinski definition) is 14. The maximum Gasteiger partial charge on any atom is 0.309 e. The minimum absolute atomic E-state index is 0. The topological polar surface area (TPSA) is 175 Å². The van der Waals surface area contributed by atoms with Crippen molar-refractivity contribution in [2.75, 3.05) is 138 Å². The van der Waals surface area contributed by atoms with Gasteiger partial charge in [0.1, 0.15) is 23.3 Å². The number of nitrogens with one attached hydrogen (secondary N) is 3. The SMILES string of the molecule is CCOC(=O)C1CCN(c2cc(C)ccc2Cn2ccnc2NC(=O)[C@@H]2CN(CCCN3CCCCC3)C[C@H]2c2ccc(F)cc2F)CC1.CCOC(=O)C1CCN(c2cc(C)ccc2Cn2ccnc2NC(=O)[C@@H]2CNC[C@H]2c2ccc(F)cc2F)CC1.Cl.ClCCCN1CCCCC1. The maximum absolute atomic E-state index is 15.1. The second-order valence-corrected chi connectivity index (χ2v) is 27.8. The number of carbonyl (C=O) groups excluding carboxylic acids is 4. The zero-order valence-corrected chi connectivity index (χ0v) is 60.2. The number of aromatic nitrogens is 4. The summed E-state index contributed by atoms with van der Waals surface area (Å²) < 4.78 is 71.2. The number of piperidine rings is 4. The van der Waals surface area contributed by atoms with Crippen LogP contribution in [0.3, 0.4) is 0 Å². The molecule has 4 atom stereocenters. The summed E-state index contributed by atoms with van der Waals surface area (Å²) in [5, 5.41) is 9.16. The Morgan fingerprint density at radius 2 is 0.990 bits per heavy atom. The van der Waals surface area contributed by atoms with E-state index in [4.69, 9.17) is 21.1 Å². The third-order valence-corrected chi connectivity index (χ3v) is 20.7. The predicted molar refractivity (Wildman–Crippen MR) is 388 cm³/mol. The fourth-order valence-corrected chi connectivity index (χ4v) is 15.2. The Hall–Kier alpha value is -7.08. The van der Waals surface area contributed by atoms with Gasteiger partial charge in [0.15, 0.2) is 0 Å². The number of rotatable bonds is 23. The minimum Gasteiger partial charge on any atom is -0.466 e. The zero-order chi connectivity index (χ0) is 69.8. The monoisotopic (exact) mass is 1420 g/mol. The maximum atomic E-state index is 15.1. The molecule has 0 aliphatic carbocycles. The molecule has 544 valence electrons. The smallest absolute Gasteiger partial charge is 0.309 e. The van der Waals surface area contributed by atoms with Crippen molar-refractivity contribution >= 4 is 71.0 Å². The lowest BCUT2D eigenvalue weighted by Gasteiger charge is -2.34. The van der Waals surface area contributed by atoms with Gasteiger partial charge in [-0.2, -0.15) is 0 Å². The van der Waals surface area contributed by atoms with Crippen molar-refractivity contribution in [3.05, 3.63) is 154 Å². The molecule has 0 radical (unpaired) electrons. The van der Waals surface area contributed by atoms with Crippen LogP contribution in [0.1, 0.15) is 136 Å². The Morgan fingerprint density at radius 1 is 0.540 bits per heavy atom. The van der Waals surface area contributed by atoms with Crippen LogP contribution in [0.2, 0.25) is 0 Å². The number of likely N-dealkylation sites (tertiary alicyclic amines) is 3. The van der Waals surface area contributed by atoms with Crippen LogP contribution in [0.25, 0.3) is 0 Å². The summed E-state index contributed by atoms with van der Waals surface area (Å²) in [4.78, 5) is 72.6. The van der Waals surface area contributed by atoms with Crippen LogP contribution in [0, 0.1) is 60.8 Å². The zero-order valence-electron chi connectivity index (χ0n) is 58.6. The molecule has 2 aromatic heterocycles. The summed E-state index contributed by atoms with van der Waals surface area (Å²) >= 11 is 5.59. The van der Waals surface area contributed by atoms with Gasteiger partial charge < -0.3 is 48.4 Å². The molecule has 12 rings (SSSR count). The molecule has 4 aromatic carbocycles. The van der Waals surface area contributed by atoms with Gasteiger partial charge in [0.05, 0.1) is 50.0 Å². The Morgan fingerprint density at radius 3 is 1.45 bits per heavy atom. The summed E-state index contributed by atoms with van der Waals surface area (Å²) in [6.45, 7) is 22.4. The second-order valence-electron chi connectivity index (χ2n) is 27.4. The molecule has 2 amide bonds. The lowest BCUT2D eigenvalue weighted by molar-refractivity contribution is -0.149. The molecule has 100 heavy (non-hydrogen) atoms. The number of aryl methyl sites for hydroxylation is 2. The van der Waals surface area contributed by atoms with Crippen LogP contribution in [-0.2, 0) is 41.7 Å². The number of imidazole rings is 2. The molecule has 24 heteroatoms. The first-order chi connectivity index (χ1) is 48.0. The number of alkyl halides is 1. The van der Waals surface area contributed by atoms with Crippen molar-refractivity contribution in [1.29, 1.82) is 0 Å². The van der Waals surface area contributed by atoms with Crippen LogP contribution >= 0.6 is 24.0 Å². The van der Waals surface area contributed by atoms with Crippen LogP contribution in [0.4, 0.5) is 40.8 Å². The van der Waals surface area contributed by atoms with E-state index < -0.39 is 46.9 Å². The highest BCUT2D eigenvalue weighted by atomic mass is 35.5. The minimum atomic E-state index is -0.647. The molecule has 0 saturated carbocycles. The van der Waals surface area contributed by atoms with Gasteiger partial charge in [0.25, 0.3) is 0 Å². The lowest BCUT2D eigenvalue weighted by atomic mass is 9.88. The summed E-state index contributed by atoms with van der Waals surface area (Å²) in [7, 11) is 0. The van der Waals surface area contributed by atoms with E-state index in [1.54, 1.807) is 12.4 Å². The highest BCUT2D eigenvalue weighted by Crippen LogP contribution is 2.38. The lowest BCUT2D eigenvalue weighted by Crippen LogP contribution is -2.37. The molecule has 0 bridgehead atoms. The first-order valence-corrected chi connectivity index (χ1v) is 36.6. The molecule has 6 fully saturated rings. The molecule has 3 N–H and O–H groups in total. The number of anilines is 4. The summed E-state index contributed by atoms with van der Waals surface area (Å²) in [6.07, 6.45) is 20.1. The summed E-state index contributed by atoms with van der Waals surface area (Å²) in [5.41, 5.74) is 7.34. The number of hydrogen-bond donors (Lipinski definition) is 3. The van der Waals surface area contributed by atoms with E-state index in [2.05, 4.69) is 101 Å². The van der Waals surface area contributed by atoms with Gasteiger partial charge in [0.2, 0.25) is 23.7 Å². The molecule has 6 aliphatic heterocycles. The van der Waals surface area contributed by atoms with Crippen LogP contribution in [0.5, 0.6) is 0 Å². The average molecular weight is 1430 g/mol. The quantitative estimate of drug-likeness (QED) is 0.0314. The van der Waals surface area contributed by atoms with Gasteiger partial charge in [-0.3, -0.25) is 29.8 Å². The van der Waals surface area contributed by atoms with E-state index in [9.17, 15) is 32.3 Å². The first-order valence-electron chi connectivity index (χ1n) is 36.1. The Kier molecular flexibility index (Phi) is 29.5. The molecule has 8 heterocycles. The van der Waals surface area contributed by atoms with Crippen molar-refractivity contribution in [3.63, 3.8) is 0 Å². The van der Waals surface area contributed by atoms with Gasteiger partial charge in [-0.05, 0) is 195 Å². The summed E-state index contributed by atoms with van der Waals surface area (Å²) in [5.74, 6) is -3.60. The van der Waals surface area contributed by atoms with E-state index in [-0.39, 0.29) is 48.0 Å². The van der Waals surface area contributed by atoms with Crippen molar-refractivity contribution in [1.82, 2.24) is 39.1 Å². The molecule has 0 unspecified atom stereocenters. The third kappa shape index (κ3) is 21.0. The van der Waals surface area contributed by atoms with Crippen LogP contribution in [-0.4, -0.2) is 175 Å². The van der Waals surface area contributed by atoms with Crippen molar-refractivity contribution in [3.8, 4) is 0 Å².